The molecular weight excluding hydrogens is 366 g/mol. The Bertz CT molecular complexity index is 933. The number of hydrogen-bond donors (Lipinski definition) is 1. The zero-order valence-electron chi connectivity index (χ0n) is 17.0. The number of nitrogens with zero attached hydrogens (tertiary/aromatic N) is 1. The molecule has 0 saturated carbocycles. The Morgan fingerprint density at radius 3 is 2.76 bits per heavy atom. The van der Waals surface area contributed by atoms with E-state index in [9.17, 15) is 9.90 Å². The van der Waals surface area contributed by atoms with Crippen LogP contribution in [0.1, 0.15) is 48.2 Å². The van der Waals surface area contributed by atoms with Crippen molar-refractivity contribution in [2.45, 2.75) is 33.2 Å². The number of Topliss-reactive ketones (excluding diaryl/α,β-unsaturated/α-hetero) is 1. The van der Waals surface area contributed by atoms with E-state index in [0.29, 0.717) is 35.9 Å². The molecule has 5 heteroatoms. The van der Waals surface area contributed by atoms with E-state index in [-0.39, 0.29) is 17.3 Å². The summed E-state index contributed by atoms with van der Waals surface area (Å²) in [7, 11) is 0. The number of carbonyl (C=O) groups excluding carboxylic acids is 1. The lowest BCUT2D eigenvalue weighted by Crippen LogP contribution is -2.33. The van der Waals surface area contributed by atoms with E-state index in [1.807, 2.05) is 31.2 Å². The van der Waals surface area contributed by atoms with Gasteiger partial charge in [0.25, 0.3) is 0 Å². The number of carbonyl (C=O) groups is 1. The molecule has 0 amide bonds. The number of likely N-dealkylation sites (tertiary alicyclic amines) is 1. The molecule has 2 aliphatic heterocycles. The number of phenols is 1. The summed E-state index contributed by atoms with van der Waals surface area (Å²) in [6.07, 6.45) is 4.13. The standard InChI is InChI=1S/C24H27NO4/c1-3-28-18-8-6-17(7-9-18)13-22-23(27)19-10-11-21(26)20(24(19)29-22)15-25-12-4-5-16(2)14-25/h6-11,13,16,26H,3-5,12,14-15H2,1-2H3/b22-13+. The summed E-state index contributed by atoms with van der Waals surface area (Å²) >= 11 is 0. The maximum atomic E-state index is 12.9. The summed E-state index contributed by atoms with van der Waals surface area (Å²) < 4.78 is 11.4. The first-order chi connectivity index (χ1) is 14.0. The van der Waals surface area contributed by atoms with E-state index >= 15 is 0 Å². The topological polar surface area (TPSA) is 59.0 Å². The zero-order valence-corrected chi connectivity index (χ0v) is 17.0. The zero-order chi connectivity index (χ0) is 20.4. The molecule has 0 radical (unpaired) electrons. The van der Waals surface area contributed by atoms with Crippen molar-refractivity contribution < 1.29 is 19.4 Å². The number of phenolic OH excluding ortho intramolecular Hbond substituents is 1. The van der Waals surface area contributed by atoms with E-state index < -0.39 is 0 Å². The highest BCUT2D eigenvalue weighted by atomic mass is 16.5. The number of aromatic hydroxyl groups is 1. The first-order valence-corrected chi connectivity index (χ1v) is 10.3. The molecule has 1 atom stereocenters. The first kappa shape index (κ1) is 19.5. The summed E-state index contributed by atoms with van der Waals surface area (Å²) in [5.41, 5.74) is 2.07. The molecule has 29 heavy (non-hydrogen) atoms. The number of benzene rings is 2. The van der Waals surface area contributed by atoms with Gasteiger partial charge in [-0.2, -0.15) is 0 Å². The summed E-state index contributed by atoms with van der Waals surface area (Å²) in [6.45, 7) is 7.37. The molecular formula is C24H27NO4. The van der Waals surface area contributed by atoms with Gasteiger partial charge in [-0.25, -0.2) is 0 Å². The minimum absolute atomic E-state index is 0.151. The van der Waals surface area contributed by atoms with Gasteiger partial charge in [0.2, 0.25) is 5.78 Å². The number of rotatable bonds is 5. The third kappa shape index (κ3) is 4.15. The van der Waals surface area contributed by atoms with E-state index in [2.05, 4.69) is 11.8 Å². The Balaban J connectivity index is 1.58. The molecule has 152 valence electrons. The van der Waals surface area contributed by atoms with Crippen molar-refractivity contribution in [1.82, 2.24) is 4.90 Å². The molecule has 0 spiro atoms. The molecule has 2 aliphatic rings. The predicted molar refractivity (Wildman–Crippen MR) is 112 cm³/mol. The molecule has 0 aliphatic carbocycles. The lowest BCUT2D eigenvalue weighted by atomic mass is 9.99. The second kappa shape index (κ2) is 8.29. The van der Waals surface area contributed by atoms with Crippen molar-refractivity contribution >= 4 is 11.9 Å². The predicted octanol–water partition coefficient (Wildman–Crippen LogP) is 4.64. The van der Waals surface area contributed by atoms with Crippen LogP contribution in [0.5, 0.6) is 17.2 Å². The van der Waals surface area contributed by atoms with E-state index in [1.54, 1.807) is 18.2 Å². The molecule has 2 aromatic rings. The lowest BCUT2D eigenvalue weighted by molar-refractivity contribution is 0.101. The van der Waals surface area contributed by atoms with Crippen LogP contribution in [0.4, 0.5) is 0 Å². The van der Waals surface area contributed by atoms with Gasteiger partial charge >= 0.3 is 0 Å². The molecule has 0 bridgehead atoms. The van der Waals surface area contributed by atoms with Crippen LogP contribution in [-0.4, -0.2) is 35.5 Å². The van der Waals surface area contributed by atoms with Crippen LogP contribution in [0.2, 0.25) is 0 Å². The van der Waals surface area contributed by atoms with E-state index in [1.165, 1.54) is 6.42 Å². The summed E-state index contributed by atoms with van der Waals surface area (Å²) in [4.78, 5) is 15.2. The van der Waals surface area contributed by atoms with Gasteiger partial charge in [0, 0.05) is 13.1 Å². The Morgan fingerprint density at radius 1 is 1.24 bits per heavy atom. The average Bonchev–Trinajstić information content (AvgIpc) is 3.02. The number of fused-ring (bicyclic) bond motifs is 1. The number of piperidine rings is 1. The maximum Gasteiger partial charge on any atom is 0.231 e. The highest BCUT2D eigenvalue weighted by molar-refractivity contribution is 6.15. The Morgan fingerprint density at radius 2 is 2.03 bits per heavy atom. The van der Waals surface area contributed by atoms with Gasteiger partial charge in [-0.1, -0.05) is 19.1 Å². The number of ketones is 1. The lowest BCUT2D eigenvalue weighted by Gasteiger charge is -2.31. The second-order valence-corrected chi connectivity index (χ2v) is 7.86. The Labute approximate surface area is 171 Å². The fraction of sp³-hybridized carbons (Fsp3) is 0.375. The van der Waals surface area contributed by atoms with Gasteiger partial charge in [0.15, 0.2) is 5.76 Å². The van der Waals surface area contributed by atoms with Crippen molar-refractivity contribution in [3.8, 4) is 17.2 Å². The summed E-state index contributed by atoms with van der Waals surface area (Å²) in [5.74, 6) is 2.23. The number of allylic oxidation sites excluding steroid dienone is 1. The highest BCUT2D eigenvalue weighted by Crippen LogP contribution is 2.40. The third-order valence-corrected chi connectivity index (χ3v) is 5.53. The fourth-order valence-electron chi connectivity index (χ4n) is 4.08. The first-order valence-electron chi connectivity index (χ1n) is 10.3. The van der Waals surface area contributed by atoms with Crippen LogP contribution in [0.3, 0.4) is 0 Å². The summed E-state index contributed by atoms with van der Waals surface area (Å²) in [6, 6.07) is 10.8. The summed E-state index contributed by atoms with van der Waals surface area (Å²) in [5, 5.41) is 10.5. The molecule has 4 rings (SSSR count). The van der Waals surface area contributed by atoms with Crippen molar-refractivity contribution in [2.24, 2.45) is 5.92 Å². The normalized spacial score (nSPS) is 20.6. The molecule has 2 aromatic carbocycles. The quantitative estimate of drug-likeness (QED) is 0.750. The number of ether oxygens (including phenoxy) is 2. The van der Waals surface area contributed by atoms with Crippen molar-refractivity contribution in [3.05, 3.63) is 58.8 Å². The van der Waals surface area contributed by atoms with Gasteiger partial charge in [-0.3, -0.25) is 9.69 Å². The van der Waals surface area contributed by atoms with Crippen LogP contribution < -0.4 is 9.47 Å². The molecule has 1 unspecified atom stereocenters. The van der Waals surface area contributed by atoms with Gasteiger partial charge in [-0.05, 0) is 68.1 Å². The largest absolute Gasteiger partial charge is 0.507 e. The van der Waals surface area contributed by atoms with Gasteiger partial charge < -0.3 is 14.6 Å². The molecule has 1 N–H and O–H groups in total. The smallest absolute Gasteiger partial charge is 0.231 e. The SMILES string of the molecule is CCOc1ccc(/C=C2/Oc3c(ccc(O)c3CN3CCCC(C)C3)C2=O)cc1. The Hall–Kier alpha value is -2.79. The minimum atomic E-state index is -0.151. The molecule has 5 nitrogen and oxygen atoms in total. The number of hydrogen-bond acceptors (Lipinski definition) is 5. The van der Waals surface area contributed by atoms with Crippen molar-refractivity contribution in [2.75, 3.05) is 19.7 Å². The minimum Gasteiger partial charge on any atom is -0.507 e. The highest BCUT2D eigenvalue weighted by Gasteiger charge is 2.32. The molecule has 1 fully saturated rings. The van der Waals surface area contributed by atoms with E-state index in [0.717, 1.165) is 30.8 Å². The third-order valence-electron chi connectivity index (χ3n) is 5.53. The van der Waals surface area contributed by atoms with Gasteiger partial charge in [-0.15, -0.1) is 0 Å². The molecule has 0 aromatic heterocycles. The molecule has 1 saturated heterocycles. The monoisotopic (exact) mass is 393 g/mol. The van der Waals surface area contributed by atoms with Crippen LogP contribution in [-0.2, 0) is 6.54 Å². The van der Waals surface area contributed by atoms with Crippen molar-refractivity contribution in [1.29, 1.82) is 0 Å². The van der Waals surface area contributed by atoms with Crippen LogP contribution >= 0.6 is 0 Å². The van der Waals surface area contributed by atoms with Crippen LogP contribution in [0, 0.1) is 5.92 Å². The fourth-order valence-corrected chi connectivity index (χ4v) is 4.08. The van der Waals surface area contributed by atoms with Crippen LogP contribution in [0.15, 0.2) is 42.2 Å². The van der Waals surface area contributed by atoms with Crippen molar-refractivity contribution in [3.63, 3.8) is 0 Å². The van der Waals surface area contributed by atoms with Gasteiger partial charge in [0.1, 0.15) is 17.2 Å². The van der Waals surface area contributed by atoms with Crippen LogP contribution in [0.25, 0.3) is 6.08 Å². The Kier molecular flexibility index (Phi) is 5.58. The van der Waals surface area contributed by atoms with Gasteiger partial charge in [0.05, 0.1) is 17.7 Å². The van der Waals surface area contributed by atoms with E-state index in [4.69, 9.17) is 9.47 Å². The molecule has 2 heterocycles. The second-order valence-electron chi connectivity index (χ2n) is 7.86. The maximum absolute atomic E-state index is 12.9. The average molecular weight is 393 g/mol.